The highest BCUT2D eigenvalue weighted by molar-refractivity contribution is 5.57. The molecule has 1 saturated carbocycles. The Hall–Kier alpha value is -1.75. The summed E-state index contributed by atoms with van der Waals surface area (Å²) in [6.07, 6.45) is 10.1. The van der Waals surface area contributed by atoms with E-state index in [9.17, 15) is 0 Å². The van der Waals surface area contributed by atoms with Crippen LogP contribution in [0.15, 0.2) is 23.0 Å². The van der Waals surface area contributed by atoms with Gasteiger partial charge in [-0.1, -0.05) is 30.8 Å². The van der Waals surface area contributed by atoms with Crippen molar-refractivity contribution in [1.82, 2.24) is 15.1 Å². The summed E-state index contributed by atoms with van der Waals surface area (Å²) in [5.41, 5.74) is 8.02. The minimum absolute atomic E-state index is 0.460. The Labute approximate surface area is 118 Å². The van der Waals surface area contributed by atoms with Gasteiger partial charge >= 0.3 is 0 Å². The first-order valence-electron chi connectivity index (χ1n) is 7.23. The van der Waals surface area contributed by atoms with Gasteiger partial charge in [0.25, 0.3) is 0 Å². The number of aryl methyl sites for hydroxylation is 1. The van der Waals surface area contributed by atoms with E-state index < -0.39 is 5.54 Å². The Kier molecular flexibility index (Phi) is 3.53. The van der Waals surface area contributed by atoms with Gasteiger partial charge in [0, 0.05) is 18.0 Å². The number of aromatic nitrogens is 3. The van der Waals surface area contributed by atoms with Crippen molar-refractivity contribution < 1.29 is 4.52 Å². The maximum Gasteiger partial charge on any atom is 0.247 e. The molecule has 0 bridgehead atoms. The van der Waals surface area contributed by atoms with E-state index in [1.54, 1.807) is 12.4 Å². The first-order valence-corrected chi connectivity index (χ1v) is 7.23. The largest absolute Gasteiger partial charge is 0.337 e. The van der Waals surface area contributed by atoms with Gasteiger partial charge in [-0.15, -0.1) is 0 Å². The summed E-state index contributed by atoms with van der Waals surface area (Å²) in [6, 6.07) is 1.94. The normalized spacial score (nSPS) is 18.7. The lowest BCUT2D eigenvalue weighted by Crippen LogP contribution is -2.36. The molecule has 2 aromatic rings. The Balaban J connectivity index is 1.92. The molecule has 2 aromatic heterocycles. The second kappa shape index (κ2) is 5.32. The summed E-state index contributed by atoms with van der Waals surface area (Å²) in [6.45, 7) is 2.01. The van der Waals surface area contributed by atoms with E-state index in [0.717, 1.165) is 36.8 Å². The molecule has 3 rings (SSSR count). The summed E-state index contributed by atoms with van der Waals surface area (Å²) in [7, 11) is 0. The summed E-state index contributed by atoms with van der Waals surface area (Å²) >= 11 is 0. The highest BCUT2D eigenvalue weighted by Crippen LogP contribution is 2.33. The van der Waals surface area contributed by atoms with E-state index in [-0.39, 0.29) is 0 Å². The molecule has 2 N–H and O–H groups in total. The minimum atomic E-state index is -0.460. The van der Waals surface area contributed by atoms with E-state index >= 15 is 0 Å². The quantitative estimate of drug-likeness (QED) is 0.850. The highest BCUT2D eigenvalue weighted by atomic mass is 16.5. The van der Waals surface area contributed by atoms with Crippen LogP contribution in [0.4, 0.5) is 0 Å². The molecule has 0 unspecified atom stereocenters. The van der Waals surface area contributed by atoms with Gasteiger partial charge in [-0.2, -0.15) is 4.98 Å². The summed E-state index contributed by atoms with van der Waals surface area (Å²) in [5, 5.41) is 4.09. The molecule has 20 heavy (non-hydrogen) atoms. The molecule has 0 spiro atoms. The summed E-state index contributed by atoms with van der Waals surface area (Å²) < 4.78 is 5.46. The fourth-order valence-corrected chi connectivity index (χ4v) is 2.81. The Bertz CT molecular complexity index is 585. The van der Waals surface area contributed by atoms with Crippen molar-refractivity contribution in [2.75, 3.05) is 0 Å². The van der Waals surface area contributed by atoms with E-state index in [2.05, 4.69) is 15.1 Å². The Morgan fingerprint density at radius 2 is 1.95 bits per heavy atom. The van der Waals surface area contributed by atoms with Crippen molar-refractivity contribution in [3.8, 4) is 11.4 Å². The molecule has 1 fully saturated rings. The van der Waals surface area contributed by atoms with Gasteiger partial charge in [0.2, 0.25) is 11.7 Å². The molecule has 5 heteroatoms. The van der Waals surface area contributed by atoms with Gasteiger partial charge in [0.1, 0.15) is 0 Å². The van der Waals surface area contributed by atoms with Crippen molar-refractivity contribution in [1.29, 1.82) is 0 Å². The molecule has 1 aliphatic rings. The maximum atomic E-state index is 6.50. The van der Waals surface area contributed by atoms with Crippen LogP contribution in [0.25, 0.3) is 11.4 Å². The number of hydrogen-bond donors (Lipinski definition) is 1. The third kappa shape index (κ3) is 2.45. The van der Waals surface area contributed by atoms with Gasteiger partial charge < -0.3 is 10.3 Å². The van der Waals surface area contributed by atoms with Crippen LogP contribution in [0.2, 0.25) is 0 Å². The first-order chi connectivity index (χ1) is 9.69. The number of hydrogen-bond acceptors (Lipinski definition) is 5. The highest BCUT2D eigenvalue weighted by Gasteiger charge is 2.34. The molecule has 5 nitrogen and oxygen atoms in total. The van der Waals surface area contributed by atoms with Crippen molar-refractivity contribution in [3.63, 3.8) is 0 Å². The van der Waals surface area contributed by atoms with Crippen molar-refractivity contribution in [2.24, 2.45) is 5.73 Å². The van der Waals surface area contributed by atoms with Gasteiger partial charge in [-0.05, 0) is 31.4 Å². The molecule has 2 heterocycles. The first kappa shape index (κ1) is 13.2. The van der Waals surface area contributed by atoms with Crippen molar-refractivity contribution in [2.45, 2.75) is 51.0 Å². The lowest BCUT2D eigenvalue weighted by molar-refractivity contribution is 0.257. The van der Waals surface area contributed by atoms with Crippen molar-refractivity contribution in [3.05, 3.63) is 29.9 Å². The molecule has 0 saturated heterocycles. The van der Waals surface area contributed by atoms with E-state index in [4.69, 9.17) is 10.3 Å². The molecule has 106 valence electrons. The van der Waals surface area contributed by atoms with E-state index in [1.807, 2.05) is 13.0 Å². The van der Waals surface area contributed by atoms with Crippen LogP contribution in [0.3, 0.4) is 0 Å². The Morgan fingerprint density at radius 1 is 1.20 bits per heavy atom. The van der Waals surface area contributed by atoms with Crippen LogP contribution in [0, 0.1) is 6.92 Å². The zero-order valence-corrected chi connectivity index (χ0v) is 11.8. The van der Waals surface area contributed by atoms with Crippen LogP contribution in [0.5, 0.6) is 0 Å². The molecule has 0 aromatic carbocycles. The third-order valence-electron chi connectivity index (χ3n) is 4.13. The second-order valence-electron chi connectivity index (χ2n) is 5.68. The molecule has 0 aliphatic heterocycles. The molecular formula is C15H20N4O. The molecule has 0 radical (unpaired) electrons. The lowest BCUT2D eigenvalue weighted by Gasteiger charge is -2.22. The zero-order valence-electron chi connectivity index (χ0n) is 11.8. The third-order valence-corrected chi connectivity index (χ3v) is 4.13. The average molecular weight is 272 g/mol. The monoisotopic (exact) mass is 272 g/mol. The fourth-order valence-electron chi connectivity index (χ4n) is 2.81. The van der Waals surface area contributed by atoms with E-state index in [1.165, 1.54) is 12.8 Å². The molecular weight excluding hydrogens is 252 g/mol. The van der Waals surface area contributed by atoms with Gasteiger partial charge in [0.15, 0.2) is 0 Å². The smallest absolute Gasteiger partial charge is 0.247 e. The fraction of sp³-hybridized carbons (Fsp3) is 0.533. The summed E-state index contributed by atoms with van der Waals surface area (Å²) in [4.78, 5) is 8.66. The molecule has 0 amide bonds. The topological polar surface area (TPSA) is 77.8 Å². The molecule has 1 aliphatic carbocycles. The second-order valence-corrected chi connectivity index (χ2v) is 5.68. The summed E-state index contributed by atoms with van der Waals surface area (Å²) in [5.74, 6) is 1.15. The van der Waals surface area contributed by atoms with Crippen LogP contribution in [0.1, 0.15) is 50.0 Å². The number of pyridine rings is 1. The van der Waals surface area contributed by atoms with Gasteiger partial charge in [-0.3, -0.25) is 4.98 Å². The predicted octanol–water partition coefficient (Wildman–Crippen LogP) is 2.95. The number of nitrogens with two attached hydrogens (primary N) is 1. The van der Waals surface area contributed by atoms with Crippen LogP contribution >= 0.6 is 0 Å². The lowest BCUT2D eigenvalue weighted by atomic mass is 9.91. The number of nitrogens with zero attached hydrogens (tertiary/aromatic N) is 3. The van der Waals surface area contributed by atoms with Gasteiger partial charge in [0.05, 0.1) is 5.54 Å². The predicted molar refractivity (Wildman–Crippen MR) is 75.8 cm³/mol. The maximum absolute atomic E-state index is 6.50. The van der Waals surface area contributed by atoms with Crippen molar-refractivity contribution >= 4 is 0 Å². The average Bonchev–Trinajstić information content (AvgIpc) is 2.84. The van der Waals surface area contributed by atoms with E-state index in [0.29, 0.717) is 11.7 Å². The van der Waals surface area contributed by atoms with Crippen LogP contribution < -0.4 is 5.73 Å². The minimum Gasteiger partial charge on any atom is -0.337 e. The standard InChI is InChI=1S/C15H20N4O/c1-11-6-9-17-10-12(11)13-18-14(20-19-13)15(16)7-4-2-3-5-8-15/h6,9-10H,2-5,7-8,16H2,1H3. The number of rotatable bonds is 2. The zero-order chi connectivity index (χ0) is 14.0. The van der Waals surface area contributed by atoms with Crippen LogP contribution in [-0.4, -0.2) is 15.1 Å². The SMILES string of the molecule is Cc1ccncc1-c1noc(C2(N)CCCCCC2)n1. The Morgan fingerprint density at radius 3 is 2.65 bits per heavy atom. The van der Waals surface area contributed by atoms with Gasteiger partial charge in [-0.25, -0.2) is 0 Å². The molecule has 0 atom stereocenters. The van der Waals surface area contributed by atoms with Crippen LogP contribution in [-0.2, 0) is 5.54 Å².